The number of likely N-dealkylation sites (N-methyl/N-ethyl adjacent to an activating group) is 1. The first kappa shape index (κ1) is 20.3. The number of carbonyl (C=O) groups excluding carboxylic acids is 1. The van der Waals surface area contributed by atoms with Gasteiger partial charge in [0.25, 0.3) is 0 Å². The van der Waals surface area contributed by atoms with Crippen LogP contribution in [-0.2, 0) is 4.79 Å². The van der Waals surface area contributed by atoms with Gasteiger partial charge in [0.1, 0.15) is 0 Å². The number of nitrogens with one attached hydrogen (secondary N) is 2. The van der Waals surface area contributed by atoms with Crippen LogP contribution in [-0.4, -0.2) is 50.1 Å². The van der Waals surface area contributed by atoms with Crippen molar-refractivity contribution < 1.29 is 4.79 Å². The van der Waals surface area contributed by atoms with Crippen LogP contribution >= 0.6 is 24.8 Å². The lowest BCUT2D eigenvalue weighted by Crippen LogP contribution is -2.50. The predicted octanol–water partition coefficient (Wildman–Crippen LogP) is 1.14. The lowest BCUT2D eigenvalue weighted by atomic mass is 9.88. The average Bonchev–Trinajstić information content (AvgIpc) is 2.14. The molecule has 1 amide bonds. The number of hydrogen-bond donors (Lipinski definition) is 2. The summed E-state index contributed by atoms with van der Waals surface area (Å²) in [6, 6.07) is 0.533. The maximum absolute atomic E-state index is 11.8. The minimum Gasteiger partial charge on any atom is -0.355 e. The third-order valence-corrected chi connectivity index (χ3v) is 3.58. The monoisotopic (exact) mass is 299 g/mol. The van der Waals surface area contributed by atoms with E-state index >= 15 is 0 Å². The van der Waals surface area contributed by atoms with E-state index in [0.29, 0.717) is 12.0 Å². The highest BCUT2D eigenvalue weighted by molar-refractivity contribution is 5.85. The number of hydrogen-bond acceptors (Lipinski definition) is 3. The molecule has 2 N–H and O–H groups in total. The van der Waals surface area contributed by atoms with Crippen molar-refractivity contribution in [3.05, 3.63) is 0 Å². The maximum Gasteiger partial charge on any atom is 0.223 e. The van der Waals surface area contributed by atoms with E-state index < -0.39 is 0 Å². The number of amides is 1. The van der Waals surface area contributed by atoms with Gasteiger partial charge in [0.05, 0.1) is 0 Å². The Bertz CT molecular complexity index is 235. The van der Waals surface area contributed by atoms with E-state index in [-0.39, 0.29) is 36.6 Å². The molecule has 1 fully saturated rings. The van der Waals surface area contributed by atoms with Crippen LogP contribution in [0, 0.1) is 11.8 Å². The van der Waals surface area contributed by atoms with Gasteiger partial charge < -0.3 is 15.5 Å². The summed E-state index contributed by atoms with van der Waals surface area (Å²) in [7, 11) is 2.08. The molecule has 0 bridgehead atoms. The first-order valence-electron chi connectivity index (χ1n) is 6.21. The second kappa shape index (κ2) is 9.84. The molecular formula is C12H27Cl2N3O. The molecule has 1 heterocycles. The molecule has 1 unspecified atom stereocenters. The number of halogens is 2. The molecule has 1 aliphatic heterocycles. The van der Waals surface area contributed by atoms with E-state index in [1.54, 1.807) is 0 Å². The van der Waals surface area contributed by atoms with Crippen LogP contribution in [0.3, 0.4) is 0 Å². The Morgan fingerprint density at radius 3 is 2.28 bits per heavy atom. The van der Waals surface area contributed by atoms with Crippen molar-refractivity contribution in [3.8, 4) is 0 Å². The maximum atomic E-state index is 11.8. The molecule has 110 valence electrons. The molecule has 1 aliphatic rings. The first-order chi connectivity index (χ1) is 7.52. The molecule has 1 rings (SSSR count). The van der Waals surface area contributed by atoms with Crippen molar-refractivity contribution in [2.75, 3.05) is 33.2 Å². The second-order valence-corrected chi connectivity index (χ2v) is 5.07. The summed E-state index contributed by atoms with van der Waals surface area (Å²) in [6.07, 6.45) is 0. The van der Waals surface area contributed by atoms with Crippen molar-refractivity contribution in [1.82, 2.24) is 15.5 Å². The molecule has 1 saturated heterocycles. The third-order valence-electron chi connectivity index (χ3n) is 3.58. The van der Waals surface area contributed by atoms with Gasteiger partial charge in [-0.15, -0.1) is 24.8 Å². The summed E-state index contributed by atoms with van der Waals surface area (Å²) in [5, 5.41) is 6.21. The minimum atomic E-state index is 0. The molecule has 0 aromatic rings. The number of carbonyl (C=O) groups is 1. The van der Waals surface area contributed by atoms with E-state index in [1.165, 1.54) is 0 Å². The fourth-order valence-electron chi connectivity index (χ4n) is 1.65. The van der Waals surface area contributed by atoms with Crippen LogP contribution in [0.1, 0.15) is 20.8 Å². The average molecular weight is 300 g/mol. The zero-order valence-electron chi connectivity index (χ0n) is 11.7. The van der Waals surface area contributed by atoms with Gasteiger partial charge in [-0.3, -0.25) is 4.79 Å². The smallest absolute Gasteiger partial charge is 0.223 e. The summed E-state index contributed by atoms with van der Waals surface area (Å²) < 4.78 is 0. The van der Waals surface area contributed by atoms with E-state index in [1.807, 2.05) is 6.92 Å². The lowest BCUT2D eigenvalue weighted by Gasteiger charge is -2.32. The van der Waals surface area contributed by atoms with Crippen LogP contribution in [0.25, 0.3) is 0 Å². The highest BCUT2D eigenvalue weighted by atomic mass is 35.5. The highest BCUT2D eigenvalue weighted by Crippen LogP contribution is 2.15. The Balaban J connectivity index is 0. The van der Waals surface area contributed by atoms with Gasteiger partial charge in [0, 0.05) is 25.0 Å². The van der Waals surface area contributed by atoms with Crippen molar-refractivity contribution in [2.24, 2.45) is 11.8 Å². The van der Waals surface area contributed by atoms with Gasteiger partial charge in [0.2, 0.25) is 5.91 Å². The van der Waals surface area contributed by atoms with E-state index in [2.05, 4.69) is 36.4 Å². The van der Waals surface area contributed by atoms with Crippen molar-refractivity contribution >= 4 is 30.7 Å². The Morgan fingerprint density at radius 1 is 1.33 bits per heavy atom. The fraction of sp³-hybridized carbons (Fsp3) is 0.917. The molecule has 4 nitrogen and oxygen atoms in total. The normalized spacial score (nSPS) is 16.6. The Labute approximate surface area is 123 Å². The molecule has 0 saturated carbocycles. The summed E-state index contributed by atoms with van der Waals surface area (Å²) in [4.78, 5) is 14.0. The van der Waals surface area contributed by atoms with E-state index in [9.17, 15) is 4.79 Å². The van der Waals surface area contributed by atoms with E-state index in [0.717, 1.165) is 26.2 Å². The summed E-state index contributed by atoms with van der Waals surface area (Å²) in [5.74, 6) is 0.872. The van der Waals surface area contributed by atoms with Crippen LogP contribution in [0.4, 0.5) is 0 Å². The third kappa shape index (κ3) is 6.23. The zero-order valence-corrected chi connectivity index (χ0v) is 13.4. The number of rotatable bonds is 6. The van der Waals surface area contributed by atoms with Gasteiger partial charge in [-0.1, -0.05) is 6.92 Å². The molecule has 0 radical (unpaired) electrons. The molecular weight excluding hydrogens is 273 g/mol. The topological polar surface area (TPSA) is 44.4 Å². The molecule has 0 aromatic heterocycles. The minimum absolute atomic E-state index is 0. The first-order valence-corrected chi connectivity index (χ1v) is 6.21. The van der Waals surface area contributed by atoms with Crippen molar-refractivity contribution in [3.63, 3.8) is 0 Å². The van der Waals surface area contributed by atoms with Gasteiger partial charge in [-0.25, -0.2) is 0 Å². The van der Waals surface area contributed by atoms with Crippen LogP contribution in [0.15, 0.2) is 0 Å². The summed E-state index contributed by atoms with van der Waals surface area (Å²) in [6.45, 7) is 9.97. The molecule has 1 atom stereocenters. The molecule has 18 heavy (non-hydrogen) atoms. The van der Waals surface area contributed by atoms with Gasteiger partial charge in [-0.2, -0.15) is 0 Å². The molecule has 6 heteroatoms. The van der Waals surface area contributed by atoms with Crippen LogP contribution < -0.4 is 10.6 Å². The van der Waals surface area contributed by atoms with Crippen LogP contribution in [0.2, 0.25) is 0 Å². The van der Waals surface area contributed by atoms with Crippen LogP contribution in [0.5, 0.6) is 0 Å². The Kier molecular flexibility index (Phi) is 11.1. The predicted molar refractivity (Wildman–Crippen MR) is 80.8 cm³/mol. The SMILES string of the molecule is CC(C(=O)NCCN(C)C(C)C)C1CNC1.Cl.Cl. The zero-order chi connectivity index (χ0) is 12.1. The second-order valence-electron chi connectivity index (χ2n) is 5.07. The highest BCUT2D eigenvalue weighted by Gasteiger charge is 2.28. The van der Waals surface area contributed by atoms with Gasteiger partial charge in [-0.05, 0) is 39.9 Å². The van der Waals surface area contributed by atoms with Crippen molar-refractivity contribution in [2.45, 2.75) is 26.8 Å². The standard InChI is InChI=1S/C12H25N3O.2ClH/c1-9(2)15(4)6-5-14-12(16)10(3)11-7-13-8-11;;/h9-11,13H,5-8H2,1-4H3,(H,14,16);2*1H. The molecule has 0 aliphatic carbocycles. The molecule has 0 spiro atoms. The quantitative estimate of drug-likeness (QED) is 0.773. The number of nitrogens with zero attached hydrogens (tertiary/aromatic N) is 1. The summed E-state index contributed by atoms with van der Waals surface area (Å²) in [5.41, 5.74) is 0. The fourth-order valence-corrected chi connectivity index (χ4v) is 1.65. The van der Waals surface area contributed by atoms with Crippen molar-refractivity contribution in [1.29, 1.82) is 0 Å². The Morgan fingerprint density at radius 2 is 1.89 bits per heavy atom. The lowest BCUT2D eigenvalue weighted by molar-refractivity contribution is -0.126. The Hall–Kier alpha value is -0.0300. The summed E-state index contributed by atoms with van der Waals surface area (Å²) >= 11 is 0. The van der Waals surface area contributed by atoms with Gasteiger partial charge >= 0.3 is 0 Å². The molecule has 0 aromatic carbocycles. The van der Waals surface area contributed by atoms with E-state index in [4.69, 9.17) is 0 Å². The largest absolute Gasteiger partial charge is 0.355 e. The van der Waals surface area contributed by atoms with Gasteiger partial charge in [0.15, 0.2) is 0 Å².